The maximum absolute atomic E-state index is 13.4. The highest BCUT2D eigenvalue weighted by Crippen LogP contribution is 2.30. The fourth-order valence-electron chi connectivity index (χ4n) is 2.36. The van der Waals surface area contributed by atoms with Crippen molar-refractivity contribution in [2.45, 2.75) is 39.3 Å². The number of nitrogens with two attached hydrogens (primary N) is 1. The van der Waals surface area contributed by atoms with Crippen LogP contribution in [0.15, 0.2) is 18.2 Å². The van der Waals surface area contributed by atoms with Gasteiger partial charge >= 0.3 is 0 Å². The van der Waals surface area contributed by atoms with E-state index in [9.17, 15) is 4.39 Å². The summed E-state index contributed by atoms with van der Waals surface area (Å²) in [5, 5.41) is 0. The largest absolute Gasteiger partial charge is 0.326 e. The molecule has 0 radical (unpaired) electrons. The SMILES string of the molecule is CCCN(Cc1ccc(F)c(CN)c1)CC1CC1. The van der Waals surface area contributed by atoms with E-state index in [1.165, 1.54) is 24.9 Å². The van der Waals surface area contributed by atoms with Crippen molar-refractivity contribution < 1.29 is 4.39 Å². The van der Waals surface area contributed by atoms with Crippen LogP contribution in [0.5, 0.6) is 0 Å². The number of rotatable bonds is 7. The first-order valence-corrected chi connectivity index (χ1v) is 6.92. The van der Waals surface area contributed by atoms with Crippen LogP contribution < -0.4 is 5.73 Å². The minimum absolute atomic E-state index is 0.189. The number of nitrogens with zero attached hydrogens (tertiary/aromatic N) is 1. The molecule has 1 saturated carbocycles. The molecule has 0 unspecified atom stereocenters. The molecular weight excluding hydrogens is 227 g/mol. The third-order valence-electron chi connectivity index (χ3n) is 3.49. The van der Waals surface area contributed by atoms with Crippen LogP contribution in [0, 0.1) is 11.7 Å². The first-order chi connectivity index (χ1) is 8.72. The molecule has 0 heterocycles. The van der Waals surface area contributed by atoms with Gasteiger partial charge in [-0.3, -0.25) is 4.90 Å². The van der Waals surface area contributed by atoms with E-state index >= 15 is 0 Å². The number of hydrogen-bond donors (Lipinski definition) is 1. The van der Waals surface area contributed by atoms with E-state index in [0.717, 1.165) is 25.4 Å². The molecular formula is C15H23FN2. The Kier molecular flexibility index (Phi) is 4.72. The van der Waals surface area contributed by atoms with Gasteiger partial charge in [-0.15, -0.1) is 0 Å². The summed E-state index contributed by atoms with van der Waals surface area (Å²) < 4.78 is 13.4. The maximum Gasteiger partial charge on any atom is 0.127 e. The maximum atomic E-state index is 13.4. The lowest BCUT2D eigenvalue weighted by atomic mass is 10.1. The van der Waals surface area contributed by atoms with E-state index in [1.807, 2.05) is 12.1 Å². The van der Waals surface area contributed by atoms with Crippen molar-refractivity contribution >= 4 is 0 Å². The van der Waals surface area contributed by atoms with Gasteiger partial charge in [-0.05, 0) is 43.4 Å². The Morgan fingerprint density at radius 1 is 1.39 bits per heavy atom. The van der Waals surface area contributed by atoms with Gasteiger partial charge in [-0.25, -0.2) is 4.39 Å². The van der Waals surface area contributed by atoms with Gasteiger partial charge in [0.2, 0.25) is 0 Å². The normalized spacial score (nSPS) is 15.3. The molecule has 0 aromatic heterocycles. The highest BCUT2D eigenvalue weighted by Gasteiger charge is 2.23. The second-order valence-corrected chi connectivity index (χ2v) is 5.31. The molecule has 0 spiro atoms. The van der Waals surface area contributed by atoms with E-state index < -0.39 is 0 Å². The smallest absolute Gasteiger partial charge is 0.127 e. The second-order valence-electron chi connectivity index (χ2n) is 5.31. The highest BCUT2D eigenvalue weighted by atomic mass is 19.1. The third kappa shape index (κ3) is 3.79. The summed E-state index contributed by atoms with van der Waals surface area (Å²) in [6.45, 7) is 5.69. The molecule has 1 fully saturated rings. The van der Waals surface area contributed by atoms with Crippen LogP contribution in [0.1, 0.15) is 37.3 Å². The average Bonchev–Trinajstić information content (AvgIpc) is 3.16. The fourth-order valence-corrected chi connectivity index (χ4v) is 2.36. The van der Waals surface area contributed by atoms with Crippen LogP contribution in [-0.4, -0.2) is 18.0 Å². The van der Waals surface area contributed by atoms with Gasteiger partial charge in [-0.2, -0.15) is 0 Å². The molecule has 18 heavy (non-hydrogen) atoms. The zero-order valence-electron chi connectivity index (χ0n) is 11.2. The molecule has 2 nitrogen and oxygen atoms in total. The van der Waals surface area contributed by atoms with Crippen molar-refractivity contribution in [2.75, 3.05) is 13.1 Å². The number of halogens is 1. The van der Waals surface area contributed by atoms with Crippen LogP contribution in [0.4, 0.5) is 4.39 Å². The van der Waals surface area contributed by atoms with Gasteiger partial charge in [-0.1, -0.05) is 19.1 Å². The average molecular weight is 250 g/mol. The lowest BCUT2D eigenvalue weighted by Gasteiger charge is -2.22. The van der Waals surface area contributed by atoms with Gasteiger partial charge in [0, 0.05) is 25.2 Å². The Morgan fingerprint density at radius 3 is 2.78 bits per heavy atom. The lowest BCUT2D eigenvalue weighted by molar-refractivity contribution is 0.255. The number of hydrogen-bond acceptors (Lipinski definition) is 2. The van der Waals surface area contributed by atoms with Gasteiger partial charge in [0.05, 0.1) is 0 Å². The minimum Gasteiger partial charge on any atom is -0.326 e. The topological polar surface area (TPSA) is 29.3 Å². The summed E-state index contributed by atoms with van der Waals surface area (Å²) in [6.07, 6.45) is 3.91. The van der Waals surface area contributed by atoms with E-state index in [2.05, 4.69) is 11.8 Å². The molecule has 0 amide bonds. The predicted molar refractivity (Wildman–Crippen MR) is 72.6 cm³/mol. The van der Waals surface area contributed by atoms with E-state index in [0.29, 0.717) is 5.56 Å². The van der Waals surface area contributed by atoms with E-state index in [1.54, 1.807) is 6.07 Å². The standard InChI is InChI=1S/C15H23FN2/c1-2-7-18(10-12-3-4-12)11-13-5-6-15(16)14(8-13)9-17/h5-6,8,12H,2-4,7,9-11,17H2,1H3. The first-order valence-electron chi connectivity index (χ1n) is 6.92. The summed E-state index contributed by atoms with van der Waals surface area (Å²) in [5.41, 5.74) is 7.34. The lowest BCUT2D eigenvalue weighted by Crippen LogP contribution is -2.26. The van der Waals surface area contributed by atoms with Crippen molar-refractivity contribution in [3.63, 3.8) is 0 Å². The van der Waals surface area contributed by atoms with E-state index in [4.69, 9.17) is 5.73 Å². The molecule has 0 atom stereocenters. The van der Waals surface area contributed by atoms with Gasteiger partial charge < -0.3 is 5.73 Å². The fraction of sp³-hybridized carbons (Fsp3) is 0.600. The Balaban J connectivity index is 2.00. The summed E-state index contributed by atoms with van der Waals surface area (Å²) in [4.78, 5) is 2.48. The minimum atomic E-state index is -0.189. The molecule has 0 saturated heterocycles. The monoisotopic (exact) mass is 250 g/mol. The molecule has 1 aliphatic carbocycles. The molecule has 1 aliphatic rings. The zero-order chi connectivity index (χ0) is 13.0. The highest BCUT2D eigenvalue weighted by molar-refractivity contribution is 5.25. The third-order valence-corrected chi connectivity index (χ3v) is 3.49. The number of benzene rings is 1. The Labute approximate surface area is 109 Å². The van der Waals surface area contributed by atoms with Crippen molar-refractivity contribution in [3.05, 3.63) is 35.1 Å². The zero-order valence-corrected chi connectivity index (χ0v) is 11.2. The quantitative estimate of drug-likeness (QED) is 0.806. The van der Waals surface area contributed by atoms with Crippen molar-refractivity contribution in [1.82, 2.24) is 4.90 Å². The van der Waals surface area contributed by atoms with E-state index in [-0.39, 0.29) is 12.4 Å². The van der Waals surface area contributed by atoms with Gasteiger partial charge in [0.1, 0.15) is 5.82 Å². The van der Waals surface area contributed by atoms with Crippen LogP contribution in [0.25, 0.3) is 0 Å². The van der Waals surface area contributed by atoms with Crippen molar-refractivity contribution in [1.29, 1.82) is 0 Å². The first kappa shape index (κ1) is 13.5. The Hall–Kier alpha value is -0.930. The van der Waals surface area contributed by atoms with Crippen molar-refractivity contribution in [2.24, 2.45) is 11.7 Å². The van der Waals surface area contributed by atoms with Gasteiger partial charge in [0.25, 0.3) is 0 Å². The molecule has 3 heteroatoms. The molecule has 100 valence electrons. The van der Waals surface area contributed by atoms with Crippen LogP contribution in [0.3, 0.4) is 0 Å². The van der Waals surface area contributed by atoms with Crippen LogP contribution in [0.2, 0.25) is 0 Å². The predicted octanol–water partition coefficient (Wildman–Crippen LogP) is 2.91. The molecule has 2 N–H and O–H groups in total. The Bertz CT molecular complexity index is 388. The summed E-state index contributed by atoms with van der Waals surface area (Å²) in [5.74, 6) is 0.705. The molecule has 1 aromatic carbocycles. The van der Waals surface area contributed by atoms with Crippen molar-refractivity contribution in [3.8, 4) is 0 Å². The van der Waals surface area contributed by atoms with Crippen LogP contribution in [-0.2, 0) is 13.1 Å². The molecule has 0 aliphatic heterocycles. The molecule has 2 rings (SSSR count). The van der Waals surface area contributed by atoms with Crippen LogP contribution >= 0.6 is 0 Å². The summed E-state index contributed by atoms with van der Waals surface area (Å²) in [7, 11) is 0. The Morgan fingerprint density at radius 2 is 2.17 bits per heavy atom. The summed E-state index contributed by atoms with van der Waals surface area (Å²) >= 11 is 0. The van der Waals surface area contributed by atoms with Gasteiger partial charge in [0.15, 0.2) is 0 Å². The molecule has 0 bridgehead atoms. The summed E-state index contributed by atoms with van der Waals surface area (Å²) in [6, 6.07) is 5.33. The molecule has 1 aromatic rings. The second kappa shape index (κ2) is 6.30.